The van der Waals surface area contributed by atoms with Crippen molar-refractivity contribution >= 4 is 17.4 Å². The summed E-state index contributed by atoms with van der Waals surface area (Å²) in [6.45, 7) is 3.16. The molecular formula is C16H21N3S. The van der Waals surface area contributed by atoms with Crippen LogP contribution >= 0.6 is 11.8 Å². The van der Waals surface area contributed by atoms with E-state index in [4.69, 9.17) is 0 Å². The van der Waals surface area contributed by atoms with Crippen molar-refractivity contribution in [1.29, 1.82) is 0 Å². The first-order valence-electron chi connectivity index (χ1n) is 7.26. The average molecular weight is 287 g/mol. The minimum Gasteiger partial charge on any atom is -0.381 e. The normalized spacial score (nSPS) is 22.6. The zero-order chi connectivity index (χ0) is 13.8. The number of anilines is 1. The summed E-state index contributed by atoms with van der Waals surface area (Å²) in [5.74, 6) is 1.30. The maximum Gasteiger partial charge on any atom is 0.0660 e. The third kappa shape index (κ3) is 3.37. The molecule has 3 rings (SSSR count). The van der Waals surface area contributed by atoms with Gasteiger partial charge < -0.3 is 5.32 Å². The second-order valence-corrected chi connectivity index (χ2v) is 6.86. The molecule has 0 radical (unpaired) electrons. The lowest BCUT2D eigenvalue weighted by molar-refractivity contribution is 0.617. The highest BCUT2D eigenvalue weighted by atomic mass is 32.2. The van der Waals surface area contributed by atoms with E-state index in [2.05, 4.69) is 53.4 Å². The van der Waals surface area contributed by atoms with Crippen LogP contribution in [0.2, 0.25) is 0 Å². The van der Waals surface area contributed by atoms with E-state index in [1.54, 1.807) is 0 Å². The fraction of sp³-hybridized carbons (Fsp3) is 0.438. The highest BCUT2D eigenvalue weighted by molar-refractivity contribution is 8.00. The van der Waals surface area contributed by atoms with E-state index in [1.807, 2.05) is 23.1 Å². The van der Waals surface area contributed by atoms with Crippen molar-refractivity contribution in [2.45, 2.75) is 37.6 Å². The number of nitrogens with zero attached hydrogens (tertiary/aromatic N) is 2. The summed E-state index contributed by atoms with van der Waals surface area (Å²) in [4.78, 5) is 0. The van der Waals surface area contributed by atoms with Crippen molar-refractivity contribution in [3.05, 3.63) is 48.3 Å². The van der Waals surface area contributed by atoms with E-state index >= 15 is 0 Å². The van der Waals surface area contributed by atoms with Crippen molar-refractivity contribution in [2.24, 2.45) is 0 Å². The molecule has 1 aliphatic heterocycles. The Morgan fingerprint density at radius 1 is 1.40 bits per heavy atom. The number of benzene rings is 1. The van der Waals surface area contributed by atoms with Crippen molar-refractivity contribution in [2.75, 3.05) is 11.1 Å². The monoisotopic (exact) mass is 287 g/mol. The summed E-state index contributed by atoms with van der Waals surface area (Å²) in [5, 5.41) is 8.66. The highest BCUT2D eigenvalue weighted by Crippen LogP contribution is 2.27. The third-order valence-corrected chi connectivity index (χ3v) is 5.17. The van der Waals surface area contributed by atoms with Crippen molar-refractivity contribution in [3.8, 4) is 0 Å². The molecule has 4 heteroatoms. The van der Waals surface area contributed by atoms with Crippen LogP contribution in [0.5, 0.6) is 0 Å². The van der Waals surface area contributed by atoms with Gasteiger partial charge in [0.2, 0.25) is 0 Å². The number of aromatic nitrogens is 2. The predicted molar refractivity (Wildman–Crippen MR) is 86.3 cm³/mol. The summed E-state index contributed by atoms with van der Waals surface area (Å²) in [5.41, 5.74) is 2.52. The molecule has 2 unspecified atom stereocenters. The Bertz CT molecular complexity index is 538. The van der Waals surface area contributed by atoms with E-state index in [-0.39, 0.29) is 0 Å². The van der Waals surface area contributed by atoms with Crippen LogP contribution < -0.4 is 5.32 Å². The summed E-state index contributed by atoms with van der Waals surface area (Å²) < 4.78 is 1.96. The maximum atomic E-state index is 4.26. The Morgan fingerprint density at radius 3 is 3.15 bits per heavy atom. The van der Waals surface area contributed by atoms with Gasteiger partial charge >= 0.3 is 0 Å². The van der Waals surface area contributed by atoms with E-state index in [1.165, 1.54) is 29.8 Å². The second kappa shape index (κ2) is 6.35. The minimum atomic E-state index is 0.591. The van der Waals surface area contributed by atoms with Gasteiger partial charge in [0.15, 0.2) is 0 Å². The van der Waals surface area contributed by atoms with E-state index in [9.17, 15) is 0 Å². The quantitative estimate of drug-likeness (QED) is 0.931. The number of nitrogens with one attached hydrogen (secondary N) is 1. The lowest BCUT2D eigenvalue weighted by Crippen LogP contribution is -2.32. The Kier molecular flexibility index (Phi) is 4.31. The number of hydrogen-bond donors (Lipinski definition) is 1. The van der Waals surface area contributed by atoms with Gasteiger partial charge in [0.1, 0.15) is 0 Å². The molecule has 0 amide bonds. The van der Waals surface area contributed by atoms with Gasteiger partial charge in [0.05, 0.1) is 6.54 Å². The first-order valence-corrected chi connectivity index (χ1v) is 8.30. The van der Waals surface area contributed by atoms with E-state index in [0.29, 0.717) is 11.3 Å². The average Bonchev–Trinajstić information content (AvgIpc) is 2.95. The molecule has 0 bridgehead atoms. The molecule has 1 N–H and O–H groups in total. The molecule has 1 aromatic carbocycles. The first-order chi connectivity index (χ1) is 9.81. The van der Waals surface area contributed by atoms with Gasteiger partial charge in [-0.15, -0.1) is 0 Å². The Morgan fingerprint density at radius 2 is 2.35 bits per heavy atom. The van der Waals surface area contributed by atoms with Crippen LogP contribution in [-0.4, -0.2) is 26.8 Å². The van der Waals surface area contributed by atoms with Crippen molar-refractivity contribution in [1.82, 2.24) is 9.78 Å². The van der Waals surface area contributed by atoms with Crippen LogP contribution in [0.1, 0.15) is 25.3 Å². The summed E-state index contributed by atoms with van der Waals surface area (Å²) in [7, 11) is 0. The smallest absolute Gasteiger partial charge is 0.0660 e. The molecule has 2 atom stereocenters. The topological polar surface area (TPSA) is 29.9 Å². The molecule has 0 aliphatic carbocycles. The molecule has 0 spiro atoms. The molecule has 1 saturated heterocycles. The predicted octanol–water partition coefficient (Wildman–Crippen LogP) is 3.63. The van der Waals surface area contributed by atoms with Crippen LogP contribution in [0.15, 0.2) is 42.7 Å². The molecule has 1 aliphatic rings. The van der Waals surface area contributed by atoms with Gasteiger partial charge in [-0.3, -0.25) is 4.68 Å². The Hall–Kier alpha value is -1.42. The van der Waals surface area contributed by atoms with Gasteiger partial charge in [-0.2, -0.15) is 16.9 Å². The van der Waals surface area contributed by atoms with Crippen LogP contribution in [0.4, 0.5) is 5.69 Å². The number of hydrogen-bond acceptors (Lipinski definition) is 3. The van der Waals surface area contributed by atoms with Crippen molar-refractivity contribution in [3.63, 3.8) is 0 Å². The lowest BCUT2D eigenvalue weighted by Gasteiger charge is -2.30. The summed E-state index contributed by atoms with van der Waals surface area (Å²) in [6.07, 6.45) is 6.42. The fourth-order valence-corrected chi connectivity index (χ4v) is 3.81. The minimum absolute atomic E-state index is 0.591. The highest BCUT2D eigenvalue weighted by Gasteiger charge is 2.21. The van der Waals surface area contributed by atoms with E-state index in [0.717, 1.165) is 6.54 Å². The number of rotatable bonds is 4. The third-order valence-electron chi connectivity index (χ3n) is 3.79. The summed E-state index contributed by atoms with van der Waals surface area (Å²) in [6, 6.07) is 11.2. The molecule has 1 aromatic heterocycles. The molecule has 20 heavy (non-hydrogen) atoms. The molecule has 2 aromatic rings. The standard InChI is InChI=1S/C16H21N3S/c1-13-16(7-3-10-20-13)18-15-6-2-5-14(11-15)12-19-9-4-8-17-19/h2,4-6,8-9,11,13,16,18H,3,7,10,12H2,1H3. The fourth-order valence-electron chi connectivity index (χ4n) is 2.67. The van der Waals surface area contributed by atoms with Crippen LogP contribution in [0.25, 0.3) is 0 Å². The molecule has 3 nitrogen and oxygen atoms in total. The lowest BCUT2D eigenvalue weighted by atomic mass is 10.1. The van der Waals surface area contributed by atoms with Gasteiger partial charge in [-0.05, 0) is 42.4 Å². The number of thioether (sulfide) groups is 1. The Balaban J connectivity index is 1.67. The second-order valence-electron chi connectivity index (χ2n) is 5.37. The zero-order valence-corrected chi connectivity index (χ0v) is 12.6. The van der Waals surface area contributed by atoms with E-state index < -0.39 is 0 Å². The first kappa shape index (κ1) is 13.6. The molecule has 0 saturated carbocycles. The van der Waals surface area contributed by atoms with Crippen LogP contribution in [0, 0.1) is 0 Å². The van der Waals surface area contributed by atoms with Gasteiger partial charge in [0.25, 0.3) is 0 Å². The van der Waals surface area contributed by atoms with Gasteiger partial charge in [-0.1, -0.05) is 19.1 Å². The molecule has 106 valence electrons. The Labute approximate surface area is 124 Å². The molecular weight excluding hydrogens is 266 g/mol. The molecule has 2 heterocycles. The zero-order valence-electron chi connectivity index (χ0n) is 11.8. The van der Waals surface area contributed by atoms with Gasteiger partial charge in [-0.25, -0.2) is 0 Å². The molecule has 1 fully saturated rings. The van der Waals surface area contributed by atoms with Crippen LogP contribution in [-0.2, 0) is 6.54 Å². The largest absolute Gasteiger partial charge is 0.381 e. The van der Waals surface area contributed by atoms with Crippen molar-refractivity contribution < 1.29 is 0 Å². The van der Waals surface area contributed by atoms with Crippen LogP contribution in [0.3, 0.4) is 0 Å². The van der Waals surface area contributed by atoms with Gasteiger partial charge in [0, 0.05) is 29.4 Å². The maximum absolute atomic E-state index is 4.26. The SMILES string of the molecule is CC1SCCCC1Nc1cccc(Cn2cccn2)c1. The summed E-state index contributed by atoms with van der Waals surface area (Å²) >= 11 is 2.08.